The number of carbonyl (C=O) groups excluding carboxylic acids is 1. The van der Waals surface area contributed by atoms with Gasteiger partial charge in [-0.15, -0.1) is 0 Å². The number of aromatic nitrogens is 1. The van der Waals surface area contributed by atoms with Gasteiger partial charge in [-0.05, 0) is 42.0 Å². The fraction of sp³-hybridized carbons (Fsp3) is 0.333. The van der Waals surface area contributed by atoms with Gasteiger partial charge in [0.1, 0.15) is 0 Å². The van der Waals surface area contributed by atoms with E-state index in [9.17, 15) is 4.79 Å². The molecule has 1 unspecified atom stereocenters. The van der Waals surface area contributed by atoms with Gasteiger partial charge in [0.15, 0.2) is 23.0 Å². The Bertz CT molecular complexity index is 1080. The van der Waals surface area contributed by atoms with Crippen molar-refractivity contribution in [3.05, 3.63) is 64.8 Å². The van der Waals surface area contributed by atoms with Gasteiger partial charge in [-0.1, -0.05) is 22.8 Å². The van der Waals surface area contributed by atoms with Gasteiger partial charge in [-0.3, -0.25) is 9.69 Å². The molecule has 33 heavy (non-hydrogen) atoms. The summed E-state index contributed by atoms with van der Waals surface area (Å²) in [5.74, 6) is 1.49. The Morgan fingerprint density at radius 2 is 1.82 bits per heavy atom. The smallest absolute Gasteiger partial charge is 0.273 e. The van der Waals surface area contributed by atoms with E-state index in [1.165, 1.54) is 0 Å². The van der Waals surface area contributed by atoms with Crippen molar-refractivity contribution in [2.75, 3.05) is 47.1 Å². The number of rotatable bonds is 8. The summed E-state index contributed by atoms with van der Waals surface area (Å²) in [6.07, 6.45) is 0. The quantitative estimate of drug-likeness (QED) is 0.534. The molecule has 1 fully saturated rings. The Kier molecular flexibility index (Phi) is 7.49. The minimum Gasteiger partial charge on any atom is -0.493 e. The second kappa shape index (κ2) is 10.7. The lowest BCUT2D eigenvalue weighted by atomic mass is 10.0. The standard InChI is InChI=1S/C24H26ClN3O5/c1-30-21-8-5-17(13-23(21)31-2)20(28-9-11-32-12-10-28)15-26-24(29)19-14-22(33-27-19)16-3-6-18(25)7-4-16/h3-8,13-14,20H,9-12,15H2,1-2H3,(H,26,29). The number of benzene rings is 2. The normalized spacial score (nSPS) is 15.1. The van der Waals surface area contributed by atoms with Crippen molar-refractivity contribution < 1.29 is 23.5 Å². The van der Waals surface area contributed by atoms with Gasteiger partial charge in [0, 0.05) is 36.3 Å². The lowest BCUT2D eigenvalue weighted by Crippen LogP contribution is -2.43. The van der Waals surface area contributed by atoms with Crippen molar-refractivity contribution in [3.8, 4) is 22.8 Å². The minimum atomic E-state index is -0.308. The zero-order valence-electron chi connectivity index (χ0n) is 18.5. The number of halogens is 1. The molecule has 1 aliphatic heterocycles. The van der Waals surface area contributed by atoms with E-state index in [0.29, 0.717) is 42.0 Å². The Morgan fingerprint density at radius 3 is 2.52 bits per heavy atom. The summed E-state index contributed by atoms with van der Waals surface area (Å²) in [4.78, 5) is 15.1. The maximum Gasteiger partial charge on any atom is 0.273 e. The lowest BCUT2D eigenvalue weighted by Gasteiger charge is -2.35. The van der Waals surface area contributed by atoms with Gasteiger partial charge in [-0.2, -0.15) is 0 Å². The molecule has 0 bridgehead atoms. The summed E-state index contributed by atoms with van der Waals surface area (Å²) < 4.78 is 21.7. The van der Waals surface area contributed by atoms with E-state index >= 15 is 0 Å². The second-order valence-electron chi connectivity index (χ2n) is 7.57. The Balaban J connectivity index is 1.50. The highest BCUT2D eigenvalue weighted by Crippen LogP contribution is 2.32. The fourth-order valence-electron chi connectivity index (χ4n) is 3.82. The van der Waals surface area contributed by atoms with Gasteiger partial charge in [0.05, 0.1) is 33.5 Å². The molecule has 0 saturated carbocycles. The molecule has 0 spiro atoms. The molecular weight excluding hydrogens is 446 g/mol. The summed E-state index contributed by atoms with van der Waals surface area (Å²) in [6.45, 7) is 3.20. The van der Waals surface area contributed by atoms with Crippen molar-refractivity contribution in [3.63, 3.8) is 0 Å². The first-order chi connectivity index (χ1) is 16.1. The van der Waals surface area contributed by atoms with Gasteiger partial charge < -0.3 is 24.1 Å². The molecule has 1 atom stereocenters. The summed E-state index contributed by atoms with van der Waals surface area (Å²) >= 11 is 5.94. The van der Waals surface area contributed by atoms with Crippen LogP contribution in [0.4, 0.5) is 0 Å². The third-order valence-corrected chi connectivity index (χ3v) is 5.86. The van der Waals surface area contributed by atoms with Gasteiger partial charge in [0.25, 0.3) is 5.91 Å². The van der Waals surface area contributed by atoms with Crippen LogP contribution in [0.25, 0.3) is 11.3 Å². The van der Waals surface area contributed by atoms with E-state index in [1.54, 1.807) is 32.4 Å². The molecule has 2 heterocycles. The fourth-order valence-corrected chi connectivity index (χ4v) is 3.95. The molecule has 3 aromatic rings. The summed E-state index contributed by atoms with van der Waals surface area (Å²) in [5.41, 5.74) is 2.02. The molecule has 1 amide bonds. The first-order valence-corrected chi connectivity index (χ1v) is 11.0. The average Bonchev–Trinajstić information content (AvgIpc) is 3.35. The molecule has 0 radical (unpaired) electrons. The molecule has 1 saturated heterocycles. The van der Waals surface area contributed by atoms with Crippen molar-refractivity contribution in [1.29, 1.82) is 0 Å². The second-order valence-corrected chi connectivity index (χ2v) is 8.01. The van der Waals surface area contributed by atoms with Crippen molar-refractivity contribution in [2.24, 2.45) is 0 Å². The maximum atomic E-state index is 12.8. The topological polar surface area (TPSA) is 86.1 Å². The van der Waals surface area contributed by atoms with Crippen LogP contribution in [-0.2, 0) is 4.74 Å². The van der Waals surface area contributed by atoms with E-state index in [0.717, 1.165) is 24.2 Å². The van der Waals surface area contributed by atoms with Crippen LogP contribution in [0.2, 0.25) is 5.02 Å². The van der Waals surface area contributed by atoms with Crippen molar-refractivity contribution in [2.45, 2.75) is 6.04 Å². The van der Waals surface area contributed by atoms with Crippen LogP contribution in [-0.4, -0.2) is 63.0 Å². The first-order valence-electron chi connectivity index (χ1n) is 10.6. The highest BCUT2D eigenvalue weighted by atomic mass is 35.5. The molecule has 4 rings (SSSR count). The van der Waals surface area contributed by atoms with E-state index in [1.807, 2.05) is 30.3 Å². The van der Waals surface area contributed by atoms with Crippen LogP contribution in [0.15, 0.2) is 53.1 Å². The number of amides is 1. The van der Waals surface area contributed by atoms with Crippen LogP contribution in [0.5, 0.6) is 11.5 Å². The van der Waals surface area contributed by atoms with Crippen LogP contribution in [0, 0.1) is 0 Å². The van der Waals surface area contributed by atoms with Crippen molar-refractivity contribution in [1.82, 2.24) is 15.4 Å². The number of carbonyl (C=O) groups is 1. The van der Waals surface area contributed by atoms with Gasteiger partial charge in [-0.25, -0.2) is 0 Å². The van der Waals surface area contributed by atoms with Crippen molar-refractivity contribution >= 4 is 17.5 Å². The number of nitrogens with one attached hydrogen (secondary N) is 1. The number of hydrogen-bond donors (Lipinski definition) is 1. The average molecular weight is 472 g/mol. The minimum absolute atomic E-state index is 0.0692. The molecule has 0 aliphatic carbocycles. The Morgan fingerprint density at radius 1 is 1.09 bits per heavy atom. The molecule has 2 aromatic carbocycles. The molecule has 8 nitrogen and oxygen atoms in total. The first kappa shape index (κ1) is 23.1. The molecule has 174 valence electrons. The predicted octanol–water partition coefficient (Wildman–Crippen LogP) is 3.82. The monoisotopic (exact) mass is 471 g/mol. The number of morpholine rings is 1. The SMILES string of the molecule is COc1ccc(C(CNC(=O)c2cc(-c3ccc(Cl)cc3)on2)N2CCOCC2)cc1OC. The highest BCUT2D eigenvalue weighted by molar-refractivity contribution is 6.30. The van der Waals surface area contributed by atoms with E-state index < -0.39 is 0 Å². The molecule has 1 N–H and O–H groups in total. The van der Waals surface area contributed by atoms with Crippen LogP contribution in [0.1, 0.15) is 22.1 Å². The van der Waals surface area contributed by atoms with Crippen LogP contribution < -0.4 is 14.8 Å². The Hall–Kier alpha value is -3.07. The number of methoxy groups -OCH3 is 2. The third-order valence-electron chi connectivity index (χ3n) is 5.61. The highest BCUT2D eigenvalue weighted by Gasteiger charge is 2.25. The number of ether oxygens (including phenoxy) is 3. The molecule has 1 aliphatic rings. The van der Waals surface area contributed by atoms with E-state index in [4.69, 9.17) is 30.3 Å². The van der Waals surface area contributed by atoms with E-state index in [-0.39, 0.29) is 17.6 Å². The zero-order chi connectivity index (χ0) is 23.2. The van der Waals surface area contributed by atoms with Gasteiger partial charge in [0.2, 0.25) is 0 Å². The third kappa shape index (κ3) is 5.47. The molecular formula is C24H26ClN3O5. The number of hydrogen-bond acceptors (Lipinski definition) is 7. The number of nitrogens with zero attached hydrogens (tertiary/aromatic N) is 2. The molecule has 1 aromatic heterocycles. The van der Waals surface area contributed by atoms with E-state index in [2.05, 4.69) is 15.4 Å². The maximum absolute atomic E-state index is 12.8. The van der Waals surface area contributed by atoms with Crippen LogP contribution in [0.3, 0.4) is 0 Å². The summed E-state index contributed by atoms with van der Waals surface area (Å²) in [6, 6.07) is 14.5. The largest absolute Gasteiger partial charge is 0.493 e. The Labute approximate surface area is 197 Å². The molecule has 9 heteroatoms. The summed E-state index contributed by atoms with van der Waals surface area (Å²) in [5, 5.41) is 7.56. The van der Waals surface area contributed by atoms with Crippen LogP contribution >= 0.6 is 11.6 Å². The summed E-state index contributed by atoms with van der Waals surface area (Å²) in [7, 11) is 3.21. The zero-order valence-corrected chi connectivity index (χ0v) is 19.3. The lowest BCUT2D eigenvalue weighted by molar-refractivity contribution is 0.0161. The van der Waals surface area contributed by atoms with Gasteiger partial charge >= 0.3 is 0 Å². The predicted molar refractivity (Wildman–Crippen MR) is 124 cm³/mol.